The third kappa shape index (κ3) is 4.43. The summed E-state index contributed by atoms with van der Waals surface area (Å²) in [5.41, 5.74) is 0.575. The number of alkyl halides is 4. The van der Waals surface area contributed by atoms with Crippen LogP contribution in [0.3, 0.4) is 0 Å². The van der Waals surface area contributed by atoms with E-state index in [0.717, 1.165) is 23.2 Å². The van der Waals surface area contributed by atoms with Gasteiger partial charge in [-0.1, -0.05) is 0 Å². The van der Waals surface area contributed by atoms with Gasteiger partial charge >= 0.3 is 12.2 Å². The molecule has 1 fully saturated rings. The highest BCUT2D eigenvalue weighted by Crippen LogP contribution is 2.31. The first-order valence-electron chi connectivity index (χ1n) is 9.89. The first kappa shape index (κ1) is 21.8. The van der Waals surface area contributed by atoms with Crippen molar-refractivity contribution in [3.8, 4) is 0 Å². The molecule has 0 unspecified atom stereocenters. The largest absolute Gasteiger partial charge is 0.416 e. The predicted octanol–water partition coefficient (Wildman–Crippen LogP) is 3.76. The molecule has 0 saturated carbocycles. The summed E-state index contributed by atoms with van der Waals surface area (Å²) in [6.07, 6.45) is -2.33. The molecule has 3 aromatic heterocycles. The van der Waals surface area contributed by atoms with Crippen molar-refractivity contribution in [3.05, 3.63) is 41.9 Å². The summed E-state index contributed by atoms with van der Waals surface area (Å²) in [6.45, 7) is 1.93. The lowest BCUT2D eigenvalue weighted by atomic mass is 10.0. The smallest absolute Gasteiger partial charge is 0.367 e. The minimum Gasteiger partial charge on any atom is -0.367 e. The van der Waals surface area contributed by atoms with E-state index in [-0.39, 0.29) is 18.1 Å². The molecule has 1 aliphatic rings. The molecule has 0 aliphatic carbocycles. The number of nitrogens with zero attached hydrogens (tertiary/aromatic N) is 5. The van der Waals surface area contributed by atoms with E-state index in [4.69, 9.17) is 0 Å². The summed E-state index contributed by atoms with van der Waals surface area (Å²) in [5, 5.41) is 9.83. The lowest BCUT2D eigenvalue weighted by molar-refractivity contribution is -0.137. The van der Waals surface area contributed by atoms with Gasteiger partial charge in [-0.25, -0.2) is 19.2 Å². The van der Waals surface area contributed by atoms with Crippen LogP contribution in [0.15, 0.2) is 30.6 Å². The van der Waals surface area contributed by atoms with Crippen molar-refractivity contribution in [1.29, 1.82) is 0 Å². The summed E-state index contributed by atoms with van der Waals surface area (Å²) in [6, 6.07) is 2.05. The van der Waals surface area contributed by atoms with Crippen LogP contribution in [0.1, 0.15) is 17.7 Å². The van der Waals surface area contributed by atoms with Gasteiger partial charge in [0.15, 0.2) is 5.65 Å². The topological polar surface area (TPSA) is 90.0 Å². The van der Waals surface area contributed by atoms with E-state index < -0.39 is 30.0 Å². The van der Waals surface area contributed by atoms with E-state index in [2.05, 4.69) is 25.5 Å². The number of nitrogens with one attached hydrogen (secondary N) is 2. The number of amides is 2. The number of aromatic nitrogens is 4. The first-order valence-corrected chi connectivity index (χ1v) is 9.89. The van der Waals surface area contributed by atoms with Crippen molar-refractivity contribution in [2.24, 2.45) is 0 Å². The van der Waals surface area contributed by atoms with Gasteiger partial charge in [-0.05, 0) is 31.5 Å². The van der Waals surface area contributed by atoms with Gasteiger partial charge < -0.3 is 9.80 Å². The number of carbonyl (C=O) groups is 1. The minimum absolute atomic E-state index is 0.0498. The van der Waals surface area contributed by atoms with Gasteiger partial charge in [0, 0.05) is 24.7 Å². The average molecular weight is 451 g/mol. The van der Waals surface area contributed by atoms with Crippen molar-refractivity contribution in [2.45, 2.75) is 31.7 Å². The maximum atomic E-state index is 15.0. The summed E-state index contributed by atoms with van der Waals surface area (Å²) < 4.78 is 54.1. The maximum absolute atomic E-state index is 15.0. The van der Waals surface area contributed by atoms with Crippen molar-refractivity contribution >= 4 is 28.6 Å². The molecule has 2 amide bonds. The van der Waals surface area contributed by atoms with E-state index in [0.29, 0.717) is 18.6 Å². The normalized spacial score (nSPS) is 19.2. The Bertz CT molecular complexity index is 1130. The zero-order valence-corrected chi connectivity index (χ0v) is 17.3. The molecule has 8 nitrogen and oxygen atoms in total. The molecule has 170 valence electrons. The fourth-order valence-electron chi connectivity index (χ4n) is 3.81. The number of aryl methyl sites for hydroxylation is 1. The molecule has 4 rings (SSSR count). The Morgan fingerprint density at radius 1 is 1.28 bits per heavy atom. The van der Waals surface area contributed by atoms with E-state index in [9.17, 15) is 18.0 Å². The number of fused-ring (bicyclic) bond motifs is 1. The second kappa shape index (κ2) is 8.24. The molecular formula is C20H21F4N7O. The Hall–Kier alpha value is -3.44. The molecule has 1 saturated heterocycles. The van der Waals surface area contributed by atoms with Gasteiger partial charge in [0.2, 0.25) is 0 Å². The Balaban J connectivity index is 1.42. The molecule has 0 spiro atoms. The zero-order chi connectivity index (χ0) is 23.0. The molecule has 32 heavy (non-hydrogen) atoms. The van der Waals surface area contributed by atoms with Gasteiger partial charge in [-0.2, -0.15) is 18.3 Å². The van der Waals surface area contributed by atoms with Gasteiger partial charge in [-0.15, -0.1) is 0 Å². The highest BCUT2D eigenvalue weighted by molar-refractivity contribution is 5.88. The predicted molar refractivity (Wildman–Crippen MR) is 110 cm³/mol. The fourth-order valence-corrected chi connectivity index (χ4v) is 3.81. The van der Waals surface area contributed by atoms with Crippen LogP contribution in [-0.2, 0) is 6.18 Å². The number of anilines is 2. The summed E-state index contributed by atoms with van der Waals surface area (Å²) in [5.74, 6) is -0.235. The van der Waals surface area contributed by atoms with Gasteiger partial charge in [0.05, 0.1) is 36.2 Å². The van der Waals surface area contributed by atoms with Gasteiger partial charge in [0.25, 0.3) is 0 Å². The number of hydrogen-bond acceptors (Lipinski definition) is 5. The van der Waals surface area contributed by atoms with Crippen LogP contribution in [-0.4, -0.2) is 63.4 Å². The molecule has 2 N–H and O–H groups in total. The van der Waals surface area contributed by atoms with Crippen LogP contribution >= 0.6 is 0 Å². The van der Waals surface area contributed by atoms with E-state index in [1.54, 1.807) is 12.4 Å². The highest BCUT2D eigenvalue weighted by atomic mass is 19.4. The van der Waals surface area contributed by atoms with Crippen LogP contribution in [0, 0.1) is 6.92 Å². The van der Waals surface area contributed by atoms with Gasteiger partial charge in [-0.3, -0.25) is 10.4 Å². The molecule has 0 radical (unpaired) electrons. The third-order valence-corrected chi connectivity index (χ3v) is 5.48. The summed E-state index contributed by atoms with van der Waals surface area (Å²) in [4.78, 5) is 23.8. The van der Waals surface area contributed by atoms with Crippen LogP contribution in [0.2, 0.25) is 0 Å². The lowest BCUT2D eigenvalue weighted by Crippen LogP contribution is -2.54. The molecule has 0 aromatic carbocycles. The number of rotatable bonds is 3. The Labute approximate surface area is 180 Å². The molecule has 1 aliphatic heterocycles. The van der Waals surface area contributed by atoms with E-state index in [1.807, 2.05) is 11.0 Å². The zero-order valence-electron chi connectivity index (χ0n) is 17.3. The Morgan fingerprint density at radius 3 is 2.78 bits per heavy atom. The number of piperidine rings is 1. The van der Waals surface area contributed by atoms with Crippen molar-refractivity contribution in [1.82, 2.24) is 25.1 Å². The number of hydrogen-bond donors (Lipinski definition) is 2. The van der Waals surface area contributed by atoms with Crippen molar-refractivity contribution < 1.29 is 22.4 Å². The van der Waals surface area contributed by atoms with Crippen LogP contribution in [0.5, 0.6) is 0 Å². The molecular weight excluding hydrogens is 430 g/mol. The van der Waals surface area contributed by atoms with E-state index in [1.165, 1.54) is 18.9 Å². The standard InChI is InChI=1S/C20H21F4N7O/c1-11-5-13(20(22,23)24)7-17(27-11)28-19(32)30(2)16-3-4-31(10-15(16)21)14-6-12-8-26-29-18(12)25-9-14/h5-9,15-16H,3-4,10H2,1-2H3,(H,25,26,29)(H,27,28,32)/t15-,16-/m1/s1. The maximum Gasteiger partial charge on any atom is 0.416 e. The summed E-state index contributed by atoms with van der Waals surface area (Å²) >= 11 is 0. The monoisotopic (exact) mass is 451 g/mol. The Kier molecular flexibility index (Phi) is 5.61. The van der Waals surface area contributed by atoms with E-state index >= 15 is 4.39 Å². The quantitative estimate of drug-likeness (QED) is 0.592. The highest BCUT2D eigenvalue weighted by Gasteiger charge is 2.35. The second-order valence-electron chi connectivity index (χ2n) is 7.74. The minimum atomic E-state index is -4.57. The van der Waals surface area contributed by atoms with Crippen molar-refractivity contribution in [3.63, 3.8) is 0 Å². The average Bonchev–Trinajstić information content (AvgIpc) is 3.20. The SMILES string of the molecule is Cc1cc(C(F)(F)F)cc(NC(=O)N(C)[C@@H]2CCN(c3cnc4[nH]ncc4c3)C[C@H]2F)n1. The fraction of sp³-hybridized carbons (Fsp3) is 0.400. The molecule has 2 atom stereocenters. The van der Waals surface area contributed by atoms with Crippen LogP contribution < -0.4 is 10.2 Å². The number of aromatic amines is 1. The summed E-state index contributed by atoms with van der Waals surface area (Å²) in [7, 11) is 1.42. The van der Waals surface area contributed by atoms with Crippen LogP contribution in [0.25, 0.3) is 11.0 Å². The first-order chi connectivity index (χ1) is 15.1. The molecule has 0 bridgehead atoms. The molecule has 3 aromatic rings. The third-order valence-electron chi connectivity index (χ3n) is 5.48. The van der Waals surface area contributed by atoms with Gasteiger partial charge in [0.1, 0.15) is 12.0 Å². The lowest BCUT2D eigenvalue weighted by Gasteiger charge is -2.39. The molecule has 4 heterocycles. The number of urea groups is 1. The number of halogens is 4. The Morgan fingerprint density at radius 2 is 2.06 bits per heavy atom. The van der Waals surface area contributed by atoms with Crippen molar-refractivity contribution in [2.75, 3.05) is 30.4 Å². The number of H-pyrrole nitrogens is 1. The second-order valence-corrected chi connectivity index (χ2v) is 7.74. The molecule has 12 heteroatoms. The van der Waals surface area contributed by atoms with Crippen LogP contribution in [0.4, 0.5) is 33.9 Å². The number of pyridine rings is 2. The number of carbonyl (C=O) groups excluding carboxylic acids is 1.